The normalized spacial score (nSPS) is 12.1. The number of nitrogens with zero attached hydrogens (tertiary/aromatic N) is 2. The molecule has 4 heteroatoms. The summed E-state index contributed by atoms with van der Waals surface area (Å²) >= 11 is 0. The Balaban J connectivity index is 2.23. The summed E-state index contributed by atoms with van der Waals surface area (Å²) < 4.78 is 0. The minimum absolute atomic E-state index is 0.0521. The van der Waals surface area contributed by atoms with Gasteiger partial charge >= 0.3 is 0 Å². The molecule has 2 aromatic rings. The quantitative estimate of drug-likeness (QED) is 0.815. The van der Waals surface area contributed by atoms with Crippen molar-refractivity contribution in [3.05, 3.63) is 54.1 Å². The maximum atomic E-state index is 12.1. The summed E-state index contributed by atoms with van der Waals surface area (Å²) in [6, 6.07) is 8.83. The third kappa shape index (κ3) is 2.47. The van der Waals surface area contributed by atoms with Gasteiger partial charge in [-0.3, -0.25) is 14.8 Å². The van der Waals surface area contributed by atoms with Gasteiger partial charge in [0, 0.05) is 6.20 Å². The van der Waals surface area contributed by atoms with Crippen molar-refractivity contribution in [3.8, 4) is 0 Å². The predicted molar refractivity (Wildman–Crippen MR) is 65.6 cm³/mol. The average Bonchev–Trinajstić information content (AvgIpc) is 2.39. The van der Waals surface area contributed by atoms with Crippen LogP contribution in [0.5, 0.6) is 0 Å². The molecular weight excluding hydrogens is 214 g/mol. The monoisotopic (exact) mass is 227 g/mol. The molecular formula is C13H13N3O. The molecule has 0 aliphatic rings. The Kier molecular flexibility index (Phi) is 3.14. The molecule has 0 aliphatic heterocycles. The summed E-state index contributed by atoms with van der Waals surface area (Å²) in [5.74, 6) is -0.351. The largest absolute Gasteiger partial charge is 0.397 e. The number of pyridine rings is 2. The van der Waals surface area contributed by atoms with E-state index in [-0.39, 0.29) is 11.7 Å². The Labute approximate surface area is 99.5 Å². The van der Waals surface area contributed by atoms with Gasteiger partial charge in [0.25, 0.3) is 0 Å². The highest BCUT2D eigenvalue weighted by Gasteiger charge is 2.18. The number of carbonyl (C=O) groups is 1. The van der Waals surface area contributed by atoms with Crippen molar-refractivity contribution < 1.29 is 4.79 Å². The second-order valence-electron chi connectivity index (χ2n) is 3.82. The first-order chi connectivity index (χ1) is 8.18. The Morgan fingerprint density at radius 3 is 2.65 bits per heavy atom. The van der Waals surface area contributed by atoms with Gasteiger partial charge in [-0.15, -0.1) is 0 Å². The number of nitrogens with two attached hydrogens (primary N) is 1. The predicted octanol–water partition coefficient (Wildman–Crippen LogP) is 2.05. The number of ketones is 1. The van der Waals surface area contributed by atoms with Crippen LogP contribution in [-0.4, -0.2) is 15.8 Å². The van der Waals surface area contributed by atoms with Crippen molar-refractivity contribution in [2.24, 2.45) is 0 Å². The zero-order valence-electron chi connectivity index (χ0n) is 9.50. The van der Waals surface area contributed by atoms with Crippen LogP contribution < -0.4 is 5.73 Å². The first-order valence-corrected chi connectivity index (χ1v) is 5.35. The highest BCUT2D eigenvalue weighted by atomic mass is 16.1. The second kappa shape index (κ2) is 4.74. The number of Topliss-reactive ketones (excluding diaryl/α,β-unsaturated/α-hetero) is 1. The van der Waals surface area contributed by atoms with E-state index in [2.05, 4.69) is 9.97 Å². The van der Waals surface area contributed by atoms with Crippen LogP contribution in [0.2, 0.25) is 0 Å². The van der Waals surface area contributed by atoms with Gasteiger partial charge in [-0.2, -0.15) is 0 Å². The molecule has 2 aromatic heterocycles. The zero-order chi connectivity index (χ0) is 12.3. The summed E-state index contributed by atoms with van der Waals surface area (Å²) in [5.41, 5.74) is 7.24. The number of anilines is 1. The number of carbonyl (C=O) groups excluding carboxylic acids is 1. The smallest absolute Gasteiger partial charge is 0.189 e. The van der Waals surface area contributed by atoms with E-state index in [9.17, 15) is 4.79 Å². The third-order valence-electron chi connectivity index (χ3n) is 2.56. The minimum Gasteiger partial charge on any atom is -0.397 e. The molecule has 1 unspecified atom stereocenters. The van der Waals surface area contributed by atoms with E-state index >= 15 is 0 Å². The van der Waals surface area contributed by atoms with Crippen molar-refractivity contribution in [2.75, 3.05) is 5.73 Å². The second-order valence-corrected chi connectivity index (χ2v) is 3.82. The van der Waals surface area contributed by atoms with Gasteiger partial charge < -0.3 is 5.73 Å². The molecule has 0 saturated carbocycles. The number of hydrogen-bond acceptors (Lipinski definition) is 4. The zero-order valence-corrected chi connectivity index (χ0v) is 9.50. The average molecular weight is 227 g/mol. The van der Waals surface area contributed by atoms with Crippen LogP contribution in [0.25, 0.3) is 0 Å². The van der Waals surface area contributed by atoms with Crippen molar-refractivity contribution in [2.45, 2.75) is 12.8 Å². The Bertz CT molecular complexity index is 508. The van der Waals surface area contributed by atoms with Crippen molar-refractivity contribution >= 4 is 11.5 Å². The molecule has 86 valence electrons. The number of rotatable bonds is 3. The van der Waals surface area contributed by atoms with Crippen molar-refractivity contribution in [1.82, 2.24) is 9.97 Å². The van der Waals surface area contributed by atoms with E-state index in [1.807, 2.05) is 25.1 Å². The number of hydrogen-bond donors (Lipinski definition) is 1. The fourth-order valence-corrected chi connectivity index (χ4v) is 1.54. The van der Waals surface area contributed by atoms with E-state index < -0.39 is 0 Å². The summed E-state index contributed by atoms with van der Waals surface area (Å²) in [5, 5.41) is 0. The van der Waals surface area contributed by atoms with Gasteiger partial charge in [-0.05, 0) is 31.2 Å². The molecule has 0 aromatic carbocycles. The fourth-order valence-electron chi connectivity index (χ4n) is 1.54. The van der Waals surface area contributed by atoms with Crippen LogP contribution in [0.4, 0.5) is 5.69 Å². The van der Waals surface area contributed by atoms with Gasteiger partial charge in [0.15, 0.2) is 5.78 Å². The van der Waals surface area contributed by atoms with Gasteiger partial charge in [0.1, 0.15) is 5.69 Å². The van der Waals surface area contributed by atoms with Gasteiger partial charge in [0.05, 0.1) is 23.5 Å². The molecule has 2 heterocycles. The van der Waals surface area contributed by atoms with E-state index in [0.29, 0.717) is 11.4 Å². The summed E-state index contributed by atoms with van der Waals surface area (Å²) in [6.07, 6.45) is 3.16. The number of aromatic nitrogens is 2. The Hall–Kier alpha value is -2.23. The van der Waals surface area contributed by atoms with E-state index in [1.54, 1.807) is 18.3 Å². The summed E-state index contributed by atoms with van der Waals surface area (Å²) in [7, 11) is 0. The SMILES string of the molecule is CC(C(=O)c1ccc(N)cn1)c1ccccn1. The molecule has 17 heavy (non-hydrogen) atoms. The Morgan fingerprint density at radius 1 is 1.24 bits per heavy atom. The lowest BCUT2D eigenvalue weighted by molar-refractivity contribution is 0.0960. The molecule has 0 amide bonds. The van der Waals surface area contributed by atoms with E-state index in [4.69, 9.17) is 5.73 Å². The topological polar surface area (TPSA) is 68.9 Å². The van der Waals surface area contributed by atoms with Crippen molar-refractivity contribution in [1.29, 1.82) is 0 Å². The molecule has 4 nitrogen and oxygen atoms in total. The molecule has 0 bridgehead atoms. The highest BCUT2D eigenvalue weighted by Crippen LogP contribution is 2.17. The molecule has 0 aliphatic carbocycles. The standard InChI is InChI=1S/C13H13N3O/c1-9(11-4-2-3-7-15-11)13(17)12-6-5-10(14)8-16-12/h2-9H,14H2,1H3. The molecule has 2 rings (SSSR count). The summed E-state index contributed by atoms with van der Waals surface area (Å²) in [4.78, 5) is 20.3. The van der Waals surface area contributed by atoms with E-state index in [1.165, 1.54) is 6.20 Å². The van der Waals surface area contributed by atoms with Crippen LogP contribution in [0.15, 0.2) is 42.7 Å². The molecule has 2 N–H and O–H groups in total. The lowest BCUT2D eigenvalue weighted by Gasteiger charge is -2.08. The highest BCUT2D eigenvalue weighted by molar-refractivity contribution is 5.98. The minimum atomic E-state index is -0.299. The lowest BCUT2D eigenvalue weighted by atomic mass is 9.99. The van der Waals surface area contributed by atoms with Crippen LogP contribution in [0.3, 0.4) is 0 Å². The molecule has 1 atom stereocenters. The molecule has 0 spiro atoms. The maximum absolute atomic E-state index is 12.1. The van der Waals surface area contributed by atoms with E-state index in [0.717, 1.165) is 5.69 Å². The van der Waals surface area contributed by atoms with Crippen LogP contribution in [-0.2, 0) is 0 Å². The van der Waals surface area contributed by atoms with Gasteiger partial charge in [0.2, 0.25) is 0 Å². The maximum Gasteiger partial charge on any atom is 0.189 e. The van der Waals surface area contributed by atoms with Crippen LogP contribution in [0.1, 0.15) is 29.0 Å². The van der Waals surface area contributed by atoms with Crippen LogP contribution in [0, 0.1) is 0 Å². The third-order valence-corrected chi connectivity index (χ3v) is 2.56. The Morgan fingerprint density at radius 2 is 2.06 bits per heavy atom. The summed E-state index contributed by atoms with van der Waals surface area (Å²) in [6.45, 7) is 1.82. The van der Waals surface area contributed by atoms with Gasteiger partial charge in [-0.1, -0.05) is 6.07 Å². The lowest BCUT2D eigenvalue weighted by Crippen LogP contribution is -2.12. The molecule has 0 saturated heterocycles. The number of nitrogen functional groups attached to an aromatic ring is 1. The molecule has 0 radical (unpaired) electrons. The fraction of sp³-hybridized carbons (Fsp3) is 0.154. The first kappa shape index (κ1) is 11.3. The van der Waals surface area contributed by atoms with Gasteiger partial charge in [-0.25, -0.2) is 0 Å². The van der Waals surface area contributed by atoms with Crippen molar-refractivity contribution in [3.63, 3.8) is 0 Å². The van der Waals surface area contributed by atoms with Crippen LogP contribution >= 0.6 is 0 Å². The molecule has 0 fully saturated rings. The first-order valence-electron chi connectivity index (χ1n) is 5.35.